The number of aryl methyl sites for hydroxylation is 2. The Balaban J connectivity index is 2.06. The van der Waals surface area contributed by atoms with Gasteiger partial charge in [-0.05, 0) is 61.8 Å². The number of anilines is 1. The third kappa shape index (κ3) is 4.29. The maximum Gasteiger partial charge on any atom is 0.171 e. The zero-order chi connectivity index (χ0) is 15.4. The number of thiocarbonyl (C=S) groups is 1. The standard InChI is InChI=1S/C17H19BrN2S/c1-11-9-15(18)10-12(2)16(11)20-17(21)19-13(3)14-7-5-4-6-8-14/h4-10,13H,1-3H3,(H2,19,20,21). The summed E-state index contributed by atoms with van der Waals surface area (Å²) in [6, 6.07) is 14.6. The fourth-order valence-electron chi connectivity index (χ4n) is 2.28. The first-order valence-corrected chi connectivity index (χ1v) is 8.06. The highest BCUT2D eigenvalue weighted by molar-refractivity contribution is 9.10. The molecule has 0 aliphatic carbocycles. The maximum atomic E-state index is 5.43. The van der Waals surface area contributed by atoms with Gasteiger partial charge in [-0.3, -0.25) is 0 Å². The first-order chi connectivity index (χ1) is 9.97. The Bertz CT molecular complexity index is 617. The minimum atomic E-state index is 0.169. The van der Waals surface area contributed by atoms with Crippen molar-refractivity contribution < 1.29 is 0 Å². The molecule has 2 N–H and O–H groups in total. The van der Waals surface area contributed by atoms with Gasteiger partial charge in [-0.2, -0.15) is 0 Å². The van der Waals surface area contributed by atoms with Gasteiger partial charge in [-0.1, -0.05) is 46.3 Å². The number of halogens is 1. The molecule has 0 spiro atoms. The molecular formula is C17H19BrN2S. The van der Waals surface area contributed by atoms with Crippen LogP contribution in [0.1, 0.15) is 29.7 Å². The Kier molecular flexibility index (Phi) is 5.37. The molecule has 0 fully saturated rings. The number of benzene rings is 2. The molecule has 0 aromatic heterocycles. The summed E-state index contributed by atoms with van der Waals surface area (Å²) in [5.74, 6) is 0. The van der Waals surface area contributed by atoms with Gasteiger partial charge in [0.1, 0.15) is 0 Å². The molecule has 1 unspecified atom stereocenters. The van der Waals surface area contributed by atoms with Crippen molar-refractivity contribution in [3.63, 3.8) is 0 Å². The maximum absolute atomic E-state index is 5.43. The van der Waals surface area contributed by atoms with Gasteiger partial charge < -0.3 is 10.6 Å². The Morgan fingerprint density at radius 1 is 1.10 bits per heavy atom. The number of nitrogens with one attached hydrogen (secondary N) is 2. The quantitative estimate of drug-likeness (QED) is 0.741. The van der Waals surface area contributed by atoms with Crippen LogP contribution in [-0.2, 0) is 0 Å². The predicted octanol–water partition coefficient (Wildman–Crippen LogP) is 5.11. The van der Waals surface area contributed by atoms with E-state index in [0.29, 0.717) is 5.11 Å². The van der Waals surface area contributed by atoms with Crippen molar-refractivity contribution in [1.82, 2.24) is 5.32 Å². The van der Waals surface area contributed by atoms with Crippen LogP contribution in [0.5, 0.6) is 0 Å². The van der Waals surface area contributed by atoms with Crippen molar-refractivity contribution in [2.75, 3.05) is 5.32 Å². The summed E-state index contributed by atoms with van der Waals surface area (Å²) < 4.78 is 1.08. The van der Waals surface area contributed by atoms with Gasteiger partial charge in [0.05, 0.1) is 6.04 Å². The Labute approximate surface area is 140 Å². The third-order valence-corrected chi connectivity index (χ3v) is 4.06. The minimum Gasteiger partial charge on any atom is -0.356 e. The molecule has 2 aromatic rings. The van der Waals surface area contributed by atoms with E-state index in [4.69, 9.17) is 12.2 Å². The molecule has 2 aromatic carbocycles. The summed E-state index contributed by atoms with van der Waals surface area (Å²) in [6.07, 6.45) is 0. The van der Waals surface area contributed by atoms with Crippen molar-refractivity contribution in [3.8, 4) is 0 Å². The van der Waals surface area contributed by atoms with E-state index in [2.05, 4.69) is 71.6 Å². The first kappa shape index (κ1) is 16.0. The summed E-state index contributed by atoms with van der Waals surface area (Å²) in [4.78, 5) is 0. The zero-order valence-corrected chi connectivity index (χ0v) is 14.8. The van der Waals surface area contributed by atoms with Gasteiger partial charge in [-0.25, -0.2) is 0 Å². The van der Waals surface area contributed by atoms with E-state index in [9.17, 15) is 0 Å². The van der Waals surface area contributed by atoms with Crippen LogP contribution in [0.15, 0.2) is 46.9 Å². The second-order valence-corrected chi connectivity index (χ2v) is 6.47. The van der Waals surface area contributed by atoms with Crippen molar-refractivity contribution in [2.24, 2.45) is 0 Å². The number of hydrogen-bond acceptors (Lipinski definition) is 1. The van der Waals surface area contributed by atoms with Crippen molar-refractivity contribution in [2.45, 2.75) is 26.8 Å². The van der Waals surface area contributed by atoms with E-state index in [-0.39, 0.29) is 6.04 Å². The van der Waals surface area contributed by atoms with E-state index in [1.165, 1.54) is 16.7 Å². The summed E-state index contributed by atoms with van der Waals surface area (Å²) >= 11 is 8.94. The highest BCUT2D eigenvalue weighted by Crippen LogP contribution is 2.25. The van der Waals surface area contributed by atoms with E-state index in [0.717, 1.165) is 10.2 Å². The smallest absolute Gasteiger partial charge is 0.171 e. The molecule has 0 heterocycles. The summed E-state index contributed by atoms with van der Waals surface area (Å²) in [5.41, 5.74) is 4.61. The van der Waals surface area contributed by atoms with Gasteiger partial charge in [-0.15, -0.1) is 0 Å². The molecule has 0 amide bonds. The minimum absolute atomic E-state index is 0.169. The molecule has 2 rings (SSSR count). The molecule has 4 heteroatoms. The number of rotatable bonds is 3. The Morgan fingerprint density at radius 2 is 1.67 bits per heavy atom. The lowest BCUT2D eigenvalue weighted by Crippen LogP contribution is -2.31. The molecular weight excluding hydrogens is 344 g/mol. The van der Waals surface area contributed by atoms with Crippen LogP contribution in [0.25, 0.3) is 0 Å². The summed E-state index contributed by atoms with van der Waals surface area (Å²) in [7, 11) is 0. The van der Waals surface area contributed by atoms with Crippen LogP contribution in [0, 0.1) is 13.8 Å². The van der Waals surface area contributed by atoms with Crippen molar-refractivity contribution >= 4 is 38.9 Å². The highest BCUT2D eigenvalue weighted by atomic mass is 79.9. The van der Waals surface area contributed by atoms with Gasteiger partial charge in [0.15, 0.2) is 5.11 Å². The van der Waals surface area contributed by atoms with Crippen molar-refractivity contribution in [1.29, 1.82) is 0 Å². The monoisotopic (exact) mass is 362 g/mol. The average molecular weight is 363 g/mol. The van der Waals surface area contributed by atoms with E-state index in [1.54, 1.807) is 0 Å². The molecule has 21 heavy (non-hydrogen) atoms. The lowest BCUT2D eigenvalue weighted by Gasteiger charge is -2.19. The topological polar surface area (TPSA) is 24.1 Å². The van der Waals surface area contributed by atoms with E-state index >= 15 is 0 Å². The molecule has 0 aliphatic heterocycles. The van der Waals surface area contributed by atoms with Crippen LogP contribution in [0.3, 0.4) is 0 Å². The molecule has 0 saturated carbocycles. The molecule has 0 saturated heterocycles. The Morgan fingerprint density at radius 3 is 2.24 bits per heavy atom. The van der Waals surface area contributed by atoms with Crippen LogP contribution in [0.4, 0.5) is 5.69 Å². The fraction of sp³-hybridized carbons (Fsp3) is 0.235. The van der Waals surface area contributed by atoms with Gasteiger partial charge in [0.2, 0.25) is 0 Å². The lowest BCUT2D eigenvalue weighted by molar-refractivity contribution is 0.722. The van der Waals surface area contributed by atoms with Gasteiger partial charge in [0.25, 0.3) is 0 Å². The molecule has 0 aliphatic rings. The fourth-order valence-corrected chi connectivity index (χ4v) is 3.24. The largest absolute Gasteiger partial charge is 0.356 e. The van der Waals surface area contributed by atoms with Crippen LogP contribution >= 0.6 is 28.1 Å². The zero-order valence-electron chi connectivity index (χ0n) is 12.4. The van der Waals surface area contributed by atoms with Crippen LogP contribution in [0.2, 0.25) is 0 Å². The van der Waals surface area contributed by atoms with Crippen molar-refractivity contribution in [3.05, 3.63) is 63.6 Å². The second-order valence-electron chi connectivity index (χ2n) is 5.15. The second kappa shape index (κ2) is 7.05. The molecule has 2 nitrogen and oxygen atoms in total. The SMILES string of the molecule is Cc1cc(Br)cc(C)c1NC(=S)NC(C)c1ccccc1. The van der Waals surface area contributed by atoms with E-state index < -0.39 is 0 Å². The molecule has 1 atom stereocenters. The molecule has 0 bridgehead atoms. The molecule has 0 radical (unpaired) electrons. The van der Waals surface area contributed by atoms with Gasteiger partial charge in [0, 0.05) is 10.2 Å². The average Bonchev–Trinajstić information content (AvgIpc) is 2.43. The van der Waals surface area contributed by atoms with Crippen LogP contribution < -0.4 is 10.6 Å². The van der Waals surface area contributed by atoms with E-state index in [1.807, 2.05) is 18.2 Å². The summed E-state index contributed by atoms with van der Waals surface area (Å²) in [6.45, 7) is 6.25. The highest BCUT2D eigenvalue weighted by Gasteiger charge is 2.09. The van der Waals surface area contributed by atoms with Gasteiger partial charge >= 0.3 is 0 Å². The third-order valence-electron chi connectivity index (χ3n) is 3.38. The van der Waals surface area contributed by atoms with Crippen LogP contribution in [-0.4, -0.2) is 5.11 Å². The lowest BCUT2D eigenvalue weighted by atomic mass is 10.1. The Hall–Kier alpha value is -1.39. The number of hydrogen-bond donors (Lipinski definition) is 2. The predicted molar refractivity (Wildman–Crippen MR) is 97.8 cm³/mol. The summed E-state index contributed by atoms with van der Waals surface area (Å²) in [5, 5.41) is 7.27. The first-order valence-electron chi connectivity index (χ1n) is 6.86. The molecule has 110 valence electrons. The normalized spacial score (nSPS) is 11.8.